The van der Waals surface area contributed by atoms with Gasteiger partial charge in [0.25, 0.3) is 11.7 Å². The van der Waals surface area contributed by atoms with E-state index in [4.69, 9.17) is 9.47 Å². The number of Topliss-reactive ketones (excluding diaryl/α,β-unsaturated/α-hetero) is 1. The fourth-order valence-corrected chi connectivity index (χ4v) is 4.43. The first-order valence-corrected chi connectivity index (χ1v) is 12.4. The second-order valence-corrected chi connectivity index (χ2v) is 10.1. The van der Waals surface area contributed by atoms with Gasteiger partial charge in [-0.05, 0) is 59.4 Å². The molecule has 0 spiro atoms. The van der Waals surface area contributed by atoms with Crippen LogP contribution in [0.1, 0.15) is 56.8 Å². The van der Waals surface area contributed by atoms with Crippen molar-refractivity contribution >= 4 is 23.1 Å². The van der Waals surface area contributed by atoms with Gasteiger partial charge in [-0.2, -0.15) is 0 Å². The molecular formula is C31H33NO5. The van der Waals surface area contributed by atoms with Gasteiger partial charge in [-0.3, -0.25) is 14.5 Å². The zero-order chi connectivity index (χ0) is 26.7. The number of hydrogen-bond acceptors (Lipinski definition) is 5. The summed E-state index contributed by atoms with van der Waals surface area (Å²) >= 11 is 0. The molecule has 1 amide bonds. The third kappa shape index (κ3) is 5.24. The highest BCUT2D eigenvalue weighted by Crippen LogP contribution is 2.43. The lowest BCUT2D eigenvalue weighted by Gasteiger charge is -2.27. The molecular weight excluding hydrogens is 466 g/mol. The molecule has 3 aromatic rings. The Balaban J connectivity index is 1.88. The second kappa shape index (κ2) is 10.5. The third-order valence-corrected chi connectivity index (χ3v) is 6.47. The molecule has 0 saturated carbocycles. The molecule has 4 rings (SSSR count). The minimum Gasteiger partial charge on any atom is -0.507 e. The number of nitrogens with zero attached hydrogens (tertiary/aromatic N) is 1. The topological polar surface area (TPSA) is 76.1 Å². The van der Waals surface area contributed by atoms with E-state index in [0.717, 1.165) is 17.5 Å². The number of hydrogen-bond donors (Lipinski definition) is 1. The normalized spacial score (nSPS) is 17.2. The lowest BCUT2D eigenvalue weighted by Crippen LogP contribution is -2.29. The van der Waals surface area contributed by atoms with E-state index in [1.807, 2.05) is 37.3 Å². The highest BCUT2D eigenvalue weighted by Gasteiger charge is 2.47. The molecule has 1 unspecified atom stereocenters. The number of rotatable bonds is 7. The quantitative estimate of drug-likeness (QED) is 0.231. The minimum atomic E-state index is -0.808. The first kappa shape index (κ1) is 26.0. The van der Waals surface area contributed by atoms with Gasteiger partial charge in [-0.15, -0.1) is 0 Å². The Bertz CT molecular complexity index is 1320. The molecule has 1 aliphatic heterocycles. The molecule has 1 saturated heterocycles. The third-order valence-electron chi connectivity index (χ3n) is 6.47. The molecule has 1 heterocycles. The molecule has 37 heavy (non-hydrogen) atoms. The Labute approximate surface area is 218 Å². The van der Waals surface area contributed by atoms with E-state index in [1.54, 1.807) is 49.6 Å². The standard InChI is InChI=1S/C31H33NO5/c1-6-18-37-25-9-7-8-23(19-25)32-27(20-10-14-22(15-11-20)31(2,3)4)26(29(34)30(32)35)28(33)21-12-16-24(36-5)17-13-21/h7-17,19,27,33H,6,18H2,1-5H3/b28-26+. The summed E-state index contributed by atoms with van der Waals surface area (Å²) in [7, 11) is 1.56. The van der Waals surface area contributed by atoms with Gasteiger partial charge in [-0.1, -0.05) is 58.0 Å². The smallest absolute Gasteiger partial charge is 0.300 e. The lowest BCUT2D eigenvalue weighted by atomic mass is 9.85. The maximum atomic E-state index is 13.5. The van der Waals surface area contributed by atoms with Crippen LogP contribution in [0.25, 0.3) is 5.76 Å². The number of ketones is 1. The van der Waals surface area contributed by atoms with Crippen molar-refractivity contribution in [3.63, 3.8) is 0 Å². The van der Waals surface area contributed by atoms with Gasteiger partial charge >= 0.3 is 0 Å². The van der Waals surface area contributed by atoms with Crippen LogP contribution in [0.4, 0.5) is 5.69 Å². The summed E-state index contributed by atoms with van der Waals surface area (Å²) in [6.45, 7) is 8.93. The van der Waals surface area contributed by atoms with Crippen molar-refractivity contribution in [2.75, 3.05) is 18.6 Å². The average molecular weight is 500 g/mol. The van der Waals surface area contributed by atoms with Crippen molar-refractivity contribution < 1.29 is 24.2 Å². The van der Waals surface area contributed by atoms with Gasteiger partial charge in [0.1, 0.15) is 17.3 Å². The molecule has 192 valence electrons. The van der Waals surface area contributed by atoms with E-state index in [9.17, 15) is 14.7 Å². The molecule has 1 atom stereocenters. The van der Waals surface area contributed by atoms with Gasteiger partial charge < -0.3 is 14.6 Å². The van der Waals surface area contributed by atoms with Crippen LogP contribution in [0, 0.1) is 0 Å². The summed E-state index contributed by atoms with van der Waals surface area (Å²) in [5.41, 5.74) is 2.78. The van der Waals surface area contributed by atoms with Gasteiger partial charge in [0, 0.05) is 17.3 Å². The minimum absolute atomic E-state index is 0.0403. The second-order valence-electron chi connectivity index (χ2n) is 10.1. The molecule has 0 aliphatic carbocycles. The predicted molar refractivity (Wildman–Crippen MR) is 145 cm³/mol. The fourth-order valence-electron chi connectivity index (χ4n) is 4.43. The zero-order valence-electron chi connectivity index (χ0n) is 21.9. The molecule has 3 aromatic carbocycles. The highest BCUT2D eigenvalue weighted by molar-refractivity contribution is 6.51. The van der Waals surface area contributed by atoms with Gasteiger partial charge in [0.2, 0.25) is 0 Å². The summed E-state index contributed by atoms with van der Waals surface area (Å²) < 4.78 is 11.0. The van der Waals surface area contributed by atoms with Crippen LogP contribution in [0.5, 0.6) is 11.5 Å². The molecule has 1 fully saturated rings. The summed E-state index contributed by atoms with van der Waals surface area (Å²) in [5.74, 6) is -0.439. The van der Waals surface area contributed by atoms with E-state index in [2.05, 4.69) is 20.8 Å². The molecule has 0 radical (unpaired) electrons. The number of aliphatic hydroxyl groups is 1. The Morgan fingerprint density at radius 2 is 1.62 bits per heavy atom. The van der Waals surface area contributed by atoms with E-state index < -0.39 is 17.7 Å². The van der Waals surface area contributed by atoms with Crippen molar-refractivity contribution in [1.82, 2.24) is 0 Å². The Morgan fingerprint density at radius 1 is 0.946 bits per heavy atom. The van der Waals surface area contributed by atoms with Gasteiger partial charge in [0.05, 0.1) is 25.3 Å². The first-order chi connectivity index (χ1) is 17.7. The molecule has 0 aromatic heterocycles. The SMILES string of the molecule is CCCOc1cccc(N2C(=O)C(=O)/C(=C(/O)c3ccc(OC)cc3)C2c2ccc(C(C)(C)C)cc2)c1. The molecule has 1 aliphatic rings. The van der Waals surface area contributed by atoms with Crippen LogP contribution < -0.4 is 14.4 Å². The van der Waals surface area contributed by atoms with Crippen LogP contribution in [-0.2, 0) is 15.0 Å². The summed E-state index contributed by atoms with van der Waals surface area (Å²) in [4.78, 5) is 28.3. The highest BCUT2D eigenvalue weighted by atomic mass is 16.5. The van der Waals surface area contributed by atoms with Crippen molar-refractivity contribution in [3.05, 3.63) is 95.1 Å². The van der Waals surface area contributed by atoms with E-state index >= 15 is 0 Å². The van der Waals surface area contributed by atoms with Crippen LogP contribution in [0.3, 0.4) is 0 Å². The van der Waals surface area contributed by atoms with Crippen molar-refractivity contribution in [1.29, 1.82) is 0 Å². The summed E-state index contributed by atoms with van der Waals surface area (Å²) in [5, 5.41) is 11.3. The van der Waals surface area contributed by atoms with Crippen LogP contribution in [-0.4, -0.2) is 30.5 Å². The first-order valence-electron chi connectivity index (χ1n) is 12.4. The number of ether oxygens (including phenoxy) is 2. The molecule has 1 N–H and O–H groups in total. The van der Waals surface area contributed by atoms with Crippen molar-refractivity contribution in [3.8, 4) is 11.5 Å². The molecule has 6 nitrogen and oxygen atoms in total. The lowest BCUT2D eigenvalue weighted by molar-refractivity contribution is -0.132. The van der Waals surface area contributed by atoms with Crippen molar-refractivity contribution in [2.45, 2.75) is 45.6 Å². The number of carbonyl (C=O) groups excluding carboxylic acids is 2. The number of carbonyl (C=O) groups is 2. The molecule has 6 heteroatoms. The number of aliphatic hydroxyl groups excluding tert-OH is 1. The van der Waals surface area contributed by atoms with Crippen molar-refractivity contribution in [2.24, 2.45) is 0 Å². The Kier molecular flexibility index (Phi) is 7.39. The number of methoxy groups -OCH3 is 1. The number of anilines is 1. The fraction of sp³-hybridized carbons (Fsp3) is 0.290. The van der Waals surface area contributed by atoms with Crippen LogP contribution in [0.2, 0.25) is 0 Å². The van der Waals surface area contributed by atoms with Crippen LogP contribution in [0.15, 0.2) is 78.4 Å². The average Bonchev–Trinajstić information content (AvgIpc) is 3.17. The maximum absolute atomic E-state index is 13.5. The van der Waals surface area contributed by atoms with Crippen LogP contribution >= 0.6 is 0 Å². The number of amides is 1. The summed E-state index contributed by atoms with van der Waals surface area (Å²) in [6, 6.07) is 20.9. The van der Waals surface area contributed by atoms with E-state index in [1.165, 1.54) is 4.90 Å². The maximum Gasteiger partial charge on any atom is 0.300 e. The predicted octanol–water partition coefficient (Wildman–Crippen LogP) is 6.41. The Morgan fingerprint density at radius 3 is 2.22 bits per heavy atom. The zero-order valence-corrected chi connectivity index (χ0v) is 21.9. The van der Waals surface area contributed by atoms with Gasteiger partial charge in [0.15, 0.2) is 0 Å². The Hall–Kier alpha value is -4.06. The monoisotopic (exact) mass is 499 g/mol. The van der Waals surface area contributed by atoms with E-state index in [0.29, 0.717) is 29.4 Å². The van der Waals surface area contributed by atoms with Gasteiger partial charge in [-0.25, -0.2) is 0 Å². The largest absolute Gasteiger partial charge is 0.507 e. The molecule has 0 bridgehead atoms. The summed E-state index contributed by atoms with van der Waals surface area (Å²) in [6.07, 6.45) is 0.844. The van der Waals surface area contributed by atoms with E-state index in [-0.39, 0.29) is 16.7 Å². The number of benzene rings is 3.